The quantitative estimate of drug-likeness (QED) is 0.784. The van der Waals surface area contributed by atoms with Gasteiger partial charge in [-0.15, -0.1) is 0 Å². The highest BCUT2D eigenvalue weighted by molar-refractivity contribution is 6.07. The zero-order valence-corrected chi connectivity index (χ0v) is 13.3. The summed E-state index contributed by atoms with van der Waals surface area (Å²) in [5.41, 5.74) is 2.26. The number of hydrogen-bond donors (Lipinski definition) is 1. The molecule has 3 aromatic carbocycles. The van der Waals surface area contributed by atoms with E-state index >= 15 is 0 Å². The van der Waals surface area contributed by atoms with E-state index in [2.05, 4.69) is 5.32 Å². The summed E-state index contributed by atoms with van der Waals surface area (Å²) in [5.74, 6) is 0.534. The first-order valence-electron chi connectivity index (χ1n) is 7.93. The van der Waals surface area contributed by atoms with Crippen molar-refractivity contribution in [1.82, 2.24) is 0 Å². The van der Waals surface area contributed by atoms with Gasteiger partial charge < -0.3 is 10.1 Å². The summed E-state index contributed by atoms with van der Waals surface area (Å²) in [6, 6.07) is 25.1. The molecule has 0 aromatic heterocycles. The van der Waals surface area contributed by atoms with Gasteiger partial charge in [0.05, 0.1) is 0 Å². The number of carbonyl (C=O) groups is 1. The minimum Gasteiger partial charge on any atom is -0.467 e. The van der Waals surface area contributed by atoms with Crippen LogP contribution in [0.15, 0.2) is 78.9 Å². The molecule has 0 spiro atoms. The highest BCUT2D eigenvalue weighted by Crippen LogP contribution is 2.44. The monoisotopic (exact) mass is 315 g/mol. The Labute approximate surface area is 140 Å². The van der Waals surface area contributed by atoms with Gasteiger partial charge in [0.2, 0.25) is 5.60 Å². The fourth-order valence-electron chi connectivity index (χ4n) is 3.19. The Morgan fingerprint density at radius 3 is 2.29 bits per heavy atom. The summed E-state index contributed by atoms with van der Waals surface area (Å²) >= 11 is 0. The first kappa shape index (κ1) is 14.5. The minimum absolute atomic E-state index is 0.168. The van der Waals surface area contributed by atoms with Crippen LogP contribution in [0.2, 0.25) is 0 Å². The molecule has 4 rings (SSSR count). The predicted molar refractivity (Wildman–Crippen MR) is 94.1 cm³/mol. The van der Waals surface area contributed by atoms with Gasteiger partial charge >= 0.3 is 0 Å². The number of aryl methyl sites for hydroxylation is 1. The number of benzene rings is 3. The van der Waals surface area contributed by atoms with Crippen LogP contribution >= 0.6 is 0 Å². The summed E-state index contributed by atoms with van der Waals surface area (Å²) in [4.78, 5) is 13.0. The highest BCUT2D eigenvalue weighted by Gasteiger charge is 2.51. The van der Waals surface area contributed by atoms with Gasteiger partial charge in [0.1, 0.15) is 5.75 Å². The number of carbonyl (C=O) groups excluding carboxylic acids is 1. The van der Waals surface area contributed by atoms with Crippen molar-refractivity contribution in [1.29, 1.82) is 0 Å². The average Bonchev–Trinajstić information content (AvgIpc) is 2.90. The molecule has 1 heterocycles. The van der Waals surface area contributed by atoms with Crippen molar-refractivity contribution in [3.8, 4) is 5.75 Å². The van der Waals surface area contributed by atoms with Crippen LogP contribution < -0.4 is 10.1 Å². The molecule has 1 amide bonds. The second-order valence-electron chi connectivity index (χ2n) is 5.91. The third kappa shape index (κ3) is 2.09. The zero-order chi connectivity index (χ0) is 16.6. The second kappa shape index (κ2) is 5.53. The summed E-state index contributed by atoms with van der Waals surface area (Å²) in [6.45, 7) is 1.98. The van der Waals surface area contributed by atoms with Gasteiger partial charge in [-0.1, -0.05) is 66.7 Å². The van der Waals surface area contributed by atoms with Crippen LogP contribution in [0.4, 0.5) is 5.69 Å². The Hall–Kier alpha value is -3.07. The number of nitrogens with one attached hydrogen (secondary N) is 1. The molecule has 3 nitrogen and oxygen atoms in total. The molecule has 0 fully saturated rings. The number of ether oxygens (including phenoxy) is 1. The van der Waals surface area contributed by atoms with Crippen molar-refractivity contribution in [2.75, 3.05) is 5.32 Å². The molecule has 3 aromatic rings. The van der Waals surface area contributed by atoms with E-state index in [1.807, 2.05) is 85.8 Å². The van der Waals surface area contributed by atoms with Crippen molar-refractivity contribution < 1.29 is 9.53 Å². The van der Waals surface area contributed by atoms with Crippen LogP contribution in [0.3, 0.4) is 0 Å². The molecule has 0 bridgehead atoms. The van der Waals surface area contributed by atoms with Gasteiger partial charge in [0.15, 0.2) is 0 Å². The SMILES string of the molecule is Cc1ccccc1O[C@@]1(c2ccccc2)C(=O)Nc2ccccc21. The lowest BCUT2D eigenvalue weighted by Crippen LogP contribution is -2.41. The van der Waals surface area contributed by atoms with Gasteiger partial charge in [-0.2, -0.15) is 0 Å². The zero-order valence-electron chi connectivity index (χ0n) is 13.3. The Morgan fingerprint density at radius 1 is 0.833 bits per heavy atom. The van der Waals surface area contributed by atoms with Crippen molar-refractivity contribution in [3.05, 3.63) is 95.6 Å². The molecular formula is C21H17NO2. The van der Waals surface area contributed by atoms with Crippen LogP contribution in [-0.4, -0.2) is 5.91 Å². The molecule has 0 radical (unpaired) electrons. The maximum absolute atomic E-state index is 13.0. The maximum atomic E-state index is 13.0. The van der Waals surface area contributed by atoms with Crippen LogP contribution in [0.25, 0.3) is 0 Å². The number of fused-ring (bicyclic) bond motifs is 1. The maximum Gasteiger partial charge on any atom is 0.278 e. The summed E-state index contributed by atoms with van der Waals surface area (Å²) in [5, 5.41) is 2.96. The summed E-state index contributed by atoms with van der Waals surface area (Å²) in [7, 11) is 0. The fourth-order valence-corrected chi connectivity index (χ4v) is 3.19. The third-order valence-corrected chi connectivity index (χ3v) is 4.41. The number of amides is 1. The summed E-state index contributed by atoms with van der Waals surface area (Å²) in [6.07, 6.45) is 0. The molecule has 1 atom stereocenters. The lowest BCUT2D eigenvalue weighted by atomic mass is 9.87. The highest BCUT2D eigenvalue weighted by atomic mass is 16.5. The van der Waals surface area contributed by atoms with Gasteiger partial charge in [0.25, 0.3) is 5.91 Å². The third-order valence-electron chi connectivity index (χ3n) is 4.41. The Bertz CT molecular complexity index is 904. The molecular weight excluding hydrogens is 298 g/mol. The van der Waals surface area contributed by atoms with E-state index in [4.69, 9.17) is 4.74 Å². The largest absolute Gasteiger partial charge is 0.467 e. The number of para-hydroxylation sites is 2. The molecule has 3 heteroatoms. The molecule has 1 aliphatic heterocycles. The van der Waals surface area contributed by atoms with Crippen LogP contribution in [0, 0.1) is 6.92 Å². The van der Waals surface area contributed by atoms with Crippen molar-refractivity contribution in [3.63, 3.8) is 0 Å². The Kier molecular flexibility index (Phi) is 3.35. The predicted octanol–water partition coefficient (Wildman–Crippen LogP) is 4.27. The van der Waals surface area contributed by atoms with Gasteiger partial charge in [-0.05, 0) is 24.6 Å². The normalized spacial score (nSPS) is 18.8. The Morgan fingerprint density at radius 2 is 1.50 bits per heavy atom. The van der Waals surface area contributed by atoms with E-state index < -0.39 is 5.60 Å². The van der Waals surface area contributed by atoms with Crippen LogP contribution in [-0.2, 0) is 10.4 Å². The van der Waals surface area contributed by atoms with Gasteiger partial charge in [-0.3, -0.25) is 4.79 Å². The van der Waals surface area contributed by atoms with Crippen molar-refractivity contribution in [2.24, 2.45) is 0 Å². The lowest BCUT2D eigenvalue weighted by molar-refractivity contribution is -0.127. The molecule has 0 saturated heterocycles. The average molecular weight is 315 g/mol. The first-order chi connectivity index (χ1) is 11.7. The van der Waals surface area contributed by atoms with Crippen molar-refractivity contribution >= 4 is 11.6 Å². The van der Waals surface area contributed by atoms with Crippen LogP contribution in [0.1, 0.15) is 16.7 Å². The standard InChI is InChI=1S/C21H17NO2/c1-15-9-5-8-14-19(15)24-21(16-10-3-2-4-11-16)17-12-6-7-13-18(17)22-20(21)23/h2-14H,1H3,(H,22,23)/t21-/m1/s1. The summed E-state index contributed by atoms with van der Waals surface area (Å²) < 4.78 is 6.41. The van der Waals surface area contributed by atoms with E-state index in [1.165, 1.54) is 0 Å². The van der Waals surface area contributed by atoms with E-state index in [1.54, 1.807) is 0 Å². The second-order valence-corrected chi connectivity index (χ2v) is 5.91. The van der Waals surface area contributed by atoms with Crippen LogP contribution in [0.5, 0.6) is 5.75 Å². The fraction of sp³-hybridized carbons (Fsp3) is 0.0952. The molecule has 1 N–H and O–H groups in total. The number of anilines is 1. The first-order valence-corrected chi connectivity index (χ1v) is 7.93. The molecule has 0 unspecified atom stereocenters. The molecule has 24 heavy (non-hydrogen) atoms. The topological polar surface area (TPSA) is 38.3 Å². The van der Waals surface area contributed by atoms with Gasteiger partial charge in [-0.25, -0.2) is 0 Å². The van der Waals surface area contributed by atoms with Crippen molar-refractivity contribution in [2.45, 2.75) is 12.5 Å². The number of rotatable bonds is 3. The number of hydrogen-bond acceptors (Lipinski definition) is 2. The molecule has 118 valence electrons. The van der Waals surface area contributed by atoms with Gasteiger partial charge in [0, 0.05) is 16.8 Å². The molecule has 0 aliphatic carbocycles. The Balaban J connectivity index is 1.95. The lowest BCUT2D eigenvalue weighted by Gasteiger charge is -2.30. The minimum atomic E-state index is -1.18. The molecule has 1 aliphatic rings. The molecule has 0 saturated carbocycles. The van der Waals surface area contributed by atoms with E-state index in [9.17, 15) is 4.79 Å². The van der Waals surface area contributed by atoms with E-state index in [0.717, 1.165) is 22.4 Å². The van der Waals surface area contributed by atoms with E-state index in [-0.39, 0.29) is 5.91 Å². The van der Waals surface area contributed by atoms with E-state index in [0.29, 0.717) is 5.75 Å². The smallest absolute Gasteiger partial charge is 0.278 e.